The zero-order valence-electron chi connectivity index (χ0n) is 13.6. The Morgan fingerprint density at radius 1 is 1.05 bits per heavy atom. The first kappa shape index (κ1) is 16.3. The van der Waals surface area contributed by atoms with E-state index in [0.29, 0.717) is 0 Å². The minimum Gasteiger partial charge on any atom is -0.371 e. The number of hydrogen-bond acceptors (Lipinski definition) is 3. The SMILES string of the molecule is CCCCCCCCNC1CCN(c2ccncc2)CC1. The van der Waals surface area contributed by atoms with E-state index in [1.54, 1.807) is 0 Å². The van der Waals surface area contributed by atoms with E-state index in [9.17, 15) is 0 Å². The van der Waals surface area contributed by atoms with Gasteiger partial charge < -0.3 is 10.2 Å². The lowest BCUT2D eigenvalue weighted by atomic mass is 10.0. The van der Waals surface area contributed by atoms with Gasteiger partial charge in [-0.15, -0.1) is 0 Å². The molecule has 3 heteroatoms. The topological polar surface area (TPSA) is 28.2 Å². The highest BCUT2D eigenvalue weighted by molar-refractivity contribution is 5.44. The third-order valence-corrected chi connectivity index (χ3v) is 4.49. The van der Waals surface area contributed by atoms with Crippen LogP contribution in [0.3, 0.4) is 0 Å². The second-order valence-corrected chi connectivity index (χ2v) is 6.19. The highest BCUT2D eigenvalue weighted by Crippen LogP contribution is 2.18. The van der Waals surface area contributed by atoms with E-state index in [4.69, 9.17) is 0 Å². The van der Waals surface area contributed by atoms with Crippen molar-refractivity contribution >= 4 is 5.69 Å². The lowest BCUT2D eigenvalue weighted by molar-refractivity contribution is 0.408. The molecule has 1 aromatic rings. The van der Waals surface area contributed by atoms with Crippen LogP contribution in [-0.2, 0) is 0 Å². The first-order valence-electron chi connectivity index (χ1n) is 8.78. The van der Waals surface area contributed by atoms with Crippen molar-refractivity contribution in [3.05, 3.63) is 24.5 Å². The molecule has 0 aromatic carbocycles. The zero-order valence-corrected chi connectivity index (χ0v) is 13.6. The quantitative estimate of drug-likeness (QED) is 0.696. The van der Waals surface area contributed by atoms with Gasteiger partial charge in [0, 0.05) is 37.2 Å². The Morgan fingerprint density at radius 2 is 1.71 bits per heavy atom. The van der Waals surface area contributed by atoms with Crippen LogP contribution < -0.4 is 10.2 Å². The predicted molar refractivity (Wildman–Crippen MR) is 90.9 cm³/mol. The Hall–Kier alpha value is -1.09. The molecule has 2 rings (SSSR count). The third kappa shape index (κ3) is 6.04. The highest BCUT2D eigenvalue weighted by Gasteiger charge is 2.18. The van der Waals surface area contributed by atoms with Crippen molar-refractivity contribution in [1.29, 1.82) is 0 Å². The molecule has 0 saturated carbocycles. The van der Waals surface area contributed by atoms with Crippen LogP contribution in [0, 0.1) is 0 Å². The number of piperidine rings is 1. The number of hydrogen-bond donors (Lipinski definition) is 1. The molecule has 0 radical (unpaired) electrons. The van der Waals surface area contributed by atoms with Crippen LogP contribution in [0.4, 0.5) is 5.69 Å². The van der Waals surface area contributed by atoms with Gasteiger partial charge in [-0.1, -0.05) is 39.0 Å². The summed E-state index contributed by atoms with van der Waals surface area (Å²) in [6.07, 6.45) is 14.6. The van der Waals surface area contributed by atoms with Crippen LogP contribution in [0.5, 0.6) is 0 Å². The number of nitrogens with zero attached hydrogens (tertiary/aromatic N) is 2. The van der Waals surface area contributed by atoms with Gasteiger partial charge in [0.1, 0.15) is 0 Å². The monoisotopic (exact) mass is 289 g/mol. The average Bonchev–Trinajstić information content (AvgIpc) is 2.55. The van der Waals surface area contributed by atoms with Gasteiger partial charge in [-0.05, 0) is 37.9 Å². The van der Waals surface area contributed by atoms with E-state index >= 15 is 0 Å². The lowest BCUT2D eigenvalue weighted by Crippen LogP contribution is -2.42. The van der Waals surface area contributed by atoms with Gasteiger partial charge >= 0.3 is 0 Å². The number of unbranched alkanes of at least 4 members (excludes halogenated alkanes) is 5. The molecule has 0 amide bonds. The first-order chi connectivity index (χ1) is 10.4. The van der Waals surface area contributed by atoms with Crippen molar-refractivity contribution in [2.75, 3.05) is 24.5 Å². The van der Waals surface area contributed by atoms with Gasteiger partial charge in [0.05, 0.1) is 0 Å². The van der Waals surface area contributed by atoms with Gasteiger partial charge in [-0.3, -0.25) is 4.98 Å². The van der Waals surface area contributed by atoms with Gasteiger partial charge in [-0.2, -0.15) is 0 Å². The molecule has 0 unspecified atom stereocenters. The van der Waals surface area contributed by atoms with Crippen LogP contribution >= 0.6 is 0 Å². The molecule has 1 saturated heterocycles. The smallest absolute Gasteiger partial charge is 0.0397 e. The van der Waals surface area contributed by atoms with Gasteiger partial charge in [0.25, 0.3) is 0 Å². The molecule has 1 fully saturated rings. The normalized spacial score (nSPS) is 16.3. The molecule has 21 heavy (non-hydrogen) atoms. The van der Waals surface area contributed by atoms with E-state index in [1.165, 1.54) is 63.6 Å². The molecular weight excluding hydrogens is 258 g/mol. The lowest BCUT2D eigenvalue weighted by Gasteiger charge is -2.34. The summed E-state index contributed by atoms with van der Waals surface area (Å²) in [6, 6.07) is 4.95. The van der Waals surface area contributed by atoms with Crippen LogP contribution in [0.25, 0.3) is 0 Å². The van der Waals surface area contributed by atoms with Crippen molar-refractivity contribution in [1.82, 2.24) is 10.3 Å². The first-order valence-corrected chi connectivity index (χ1v) is 8.78. The summed E-state index contributed by atoms with van der Waals surface area (Å²) < 4.78 is 0. The maximum atomic E-state index is 4.09. The molecule has 1 aliphatic rings. The molecular formula is C18H31N3. The number of aromatic nitrogens is 1. The maximum absolute atomic E-state index is 4.09. The fourth-order valence-electron chi connectivity index (χ4n) is 3.11. The van der Waals surface area contributed by atoms with Crippen molar-refractivity contribution in [3.63, 3.8) is 0 Å². The Balaban J connectivity index is 1.53. The minimum atomic E-state index is 0.721. The Labute approximate surface area is 130 Å². The Kier molecular flexibility index (Phi) is 7.58. The largest absolute Gasteiger partial charge is 0.371 e. The van der Waals surface area contributed by atoms with E-state index in [2.05, 4.69) is 34.3 Å². The average molecular weight is 289 g/mol. The summed E-state index contributed by atoms with van der Waals surface area (Å²) in [7, 11) is 0. The van der Waals surface area contributed by atoms with Crippen LogP contribution in [-0.4, -0.2) is 30.7 Å². The van der Waals surface area contributed by atoms with E-state index < -0.39 is 0 Å². The maximum Gasteiger partial charge on any atom is 0.0397 e. The molecule has 0 spiro atoms. The summed E-state index contributed by atoms with van der Waals surface area (Å²) in [4.78, 5) is 6.57. The van der Waals surface area contributed by atoms with Crippen LogP contribution in [0.2, 0.25) is 0 Å². The number of pyridine rings is 1. The second kappa shape index (κ2) is 9.78. The van der Waals surface area contributed by atoms with Crippen LogP contribution in [0.15, 0.2) is 24.5 Å². The molecule has 118 valence electrons. The molecule has 1 aliphatic heterocycles. The third-order valence-electron chi connectivity index (χ3n) is 4.49. The van der Waals surface area contributed by atoms with Gasteiger partial charge in [0.2, 0.25) is 0 Å². The number of nitrogens with one attached hydrogen (secondary N) is 1. The van der Waals surface area contributed by atoms with Gasteiger partial charge in [0.15, 0.2) is 0 Å². The molecule has 0 bridgehead atoms. The molecule has 0 atom stereocenters. The highest BCUT2D eigenvalue weighted by atomic mass is 15.1. The molecule has 0 aliphatic carbocycles. The summed E-state index contributed by atoms with van der Waals surface area (Å²) in [6.45, 7) is 5.81. The summed E-state index contributed by atoms with van der Waals surface area (Å²) in [5.74, 6) is 0. The Bertz CT molecular complexity index is 358. The van der Waals surface area contributed by atoms with Crippen molar-refractivity contribution < 1.29 is 0 Å². The predicted octanol–water partition coefficient (Wildman–Crippen LogP) is 4.00. The Morgan fingerprint density at radius 3 is 2.43 bits per heavy atom. The fraction of sp³-hybridized carbons (Fsp3) is 0.722. The minimum absolute atomic E-state index is 0.721. The number of rotatable bonds is 9. The van der Waals surface area contributed by atoms with Crippen molar-refractivity contribution in [2.24, 2.45) is 0 Å². The van der Waals surface area contributed by atoms with E-state index in [1.807, 2.05) is 12.4 Å². The van der Waals surface area contributed by atoms with Crippen molar-refractivity contribution in [2.45, 2.75) is 64.3 Å². The summed E-state index contributed by atoms with van der Waals surface area (Å²) in [5, 5.41) is 3.75. The molecule has 2 heterocycles. The standard InChI is InChI=1S/C18H31N3/c1-2-3-4-5-6-7-12-20-17-10-15-21(16-11-17)18-8-13-19-14-9-18/h8-9,13-14,17,20H,2-7,10-12,15-16H2,1H3. The van der Waals surface area contributed by atoms with E-state index in [-0.39, 0.29) is 0 Å². The van der Waals surface area contributed by atoms with Crippen molar-refractivity contribution in [3.8, 4) is 0 Å². The summed E-state index contributed by atoms with van der Waals surface area (Å²) in [5.41, 5.74) is 1.32. The number of anilines is 1. The molecule has 1 N–H and O–H groups in total. The van der Waals surface area contributed by atoms with Crippen LogP contribution in [0.1, 0.15) is 58.3 Å². The molecule has 3 nitrogen and oxygen atoms in total. The molecule has 1 aromatic heterocycles. The fourth-order valence-corrected chi connectivity index (χ4v) is 3.11. The van der Waals surface area contributed by atoms with Gasteiger partial charge in [-0.25, -0.2) is 0 Å². The zero-order chi connectivity index (χ0) is 14.8. The second-order valence-electron chi connectivity index (χ2n) is 6.19. The summed E-state index contributed by atoms with van der Waals surface area (Å²) >= 11 is 0. The van der Waals surface area contributed by atoms with E-state index in [0.717, 1.165) is 19.1 Å².